The number of alkyl halides is 1. The maximum Gasteiger partial charge on any atom is 0.165 e. The van der Waals surface area contributed by atoms with E-state index in [4.69, 9.17) is 27.9 Å². The molecule has 0 saturated carbocycles. The molecule has 0 radical (unpaired) electrons. The van der Waals surface area contributed by atoms with Crippen molar-refractivity contribution in [1.29, 1.82) is 0 Å². The minimum Gasteiger partial charge on any atom is -0.504 e. The van der Waals surface area contributed by atoms with Gasteiger partial charge in [0.2, 0.25) is 0 Å². The molecule has 2 aromatic rings. The van der Waals surface area contributed by atoms with Crippen LogP contribution in [0.25, 0.3) is 11.1 Å². The molecule has 2 rings (SSSR count). The van der Waals surface area contributed by atoms with E-state index in [1.807, 2.05) is 0 Å². The van der Waals surface area contributed by atoms with Crippen molar-refractivity contribution >= 4 is 39.1 Å². The third-order valence-corrected chi connectivity index (χ3v) is 4.22. The molecule has 6 heteroatoms. The Hall–Kier alpha value is -0.940. The van der Waals surface area contributed by atoms with Crippen LogP contribution in [0.2, 0.25) is 10.0 Å². The van der Waals surface area contributed by atoms with E-state index in [1.54, 1.807) is 36.4 Å². The molecule has 0 fully saturated rings. The Kier molecular flexibility index (Phi) is 5.76. The van der Waals surface area contributed by atoms with E-state index < -0.39 is 6.10 Å². The van der Waals surface area contributed by atoms with E-state index in [-0.39, 0.29) is 18.1 Å². The summed E-state index contributed by atoms with van der Waals surface area (Å²) in [5, 5.41) is 21.1. The molecule has 0 amide bonds. The first-order valence-corrected chi connectivity index (χ1v) is 8.05. The van der Waals surface area contributed by atoms with Crippen molar-refractivity contribution in [1.82, 2.24) is 0 Å². The highest BCUT2D eigenvalue weighted by Gasteiger charge is 2.16. The zero-order valence-corrected chi connectivity index (χ0v) is 14.0. The van der Waals surface area contributed by atoms with Crippen LogP contribution in [-0.2, 0) is 0 Å². The van der Waals surface area contributed by atoms with Crippen LogP contribution in [0.5, 0.6) is 11.5 Å². The molecule has 0 bridgehead atoms. The lowest BCUT2D eigenvalue weighted by molar-refractivity contribution is 0.125. The number of aliphatic hydroxyl groups excluding tert-OH is 1. The normalized spacial score (nSPS) is 12.2. The van der Waals surface area contributed by atoms with Crippen molar-refractivity contribution in [2.75, 3.05) is 11.9 Å². The zero-order chi connectivity index (χ0) is 15.4. The molecule has 2 N–H and O–H groups in total. The molecule has 1 atom stereocenters. The molecule has 0 aromatic heterocycles. The lowest BCUT2D eigenvalue weighted by Gasteiger charge is -2.14. The van der Waals surface area contributed by atoms with Gasteiger partial charge in [0.1, 0.15) is 6.61 Å². The smallest absolute Gasteiger partial charge is 0.165 e. The number of aliphatic hydroxyl groups is 1. The lowest BCUT2D eigenvalue weighted by atomic mass is 10.0. The molecule has 0 aliphatic heterocycles. The summed E-state index contributed by atoms with van der Waals surface area (Å²) in [6.45, 7) is 0.0680. The molecule has 1 unspecified atom stereocenters. The average Bonchev–Trinajstić information content (AvgIpc) is 2.47. The van der Waals surface area contributed by atoms with Gasteiger partial charge in [-0.15, -0.1) is 0 Å². The first kappa shape index (κ1) is 16.4. The van der Waals surface area contributed by atoms with Gasteiger partial charge in [-0.2, -0.15) is 0 Å². The van der Waals surface area contributed by atoms with Crippen molar-refractivity contribution in [2.45, 2.75) is 6.10 Å². The zero-order valence-electron chi connectivity index (χ0n) is 10.9. The second kappa shape index (κ2) is 7.36. The summed E-state index contributed by atoms with van der Waals surface area (Å²) in [7, 11) is 0. The highest BCUT2D eigenvalue weighted by molar-refractivity contribution is 9.09. The number of benzene rings is 2. The van der Waals surface area contributed by atoms with Gasteiger partial charge in [-0.1, -0.05) is 57.3 Å². The fourth-order valence-electron chi connectivity index (χ4n) is 1.83. The van der Waals surface area contributed by atoms with Gasteiger partial charge in [0.05, 0.1) is 16.1 Å². The van der Waals surface area contributed by atoms with Crippen molar-refractivity contribution in [2.24, 2.45) is 0 Å². The molecule has 0 heterocycles. The topological polar surface area (TPSA) is 49.7 Å². The maximum atomic E-state index is 10.3. The number of aromatic hydroxyl groups is 1. The lowest BCUT2D eigenvalue weighted by Crippen LogP contribution is -2.18. The predicted molar refractivity (Wildman–Crippen MR) is 88.9 cm³/mol. The number of hydrogen-bond donors (Lipinski definition) is 2. The number of phenols is 1. The van der Waals surface area contributed by atoms with Gasteiger partial charge in [0, 0.05) is 16.5 Å². The van der Waals surface area contributed by atoms with Gasteiger partial charge in [-0.3, -0.25) is 0 Å². The van der Waals surface area contributed by atoms with Gasteiger partial charge in [0.25, 0.3) is 0 Å². The SMILES string of the molecule is Oc1c(OCC(O)CBr)cccc1-c1c(Cl)cccc1Cl. The number of rotatable bonds is 5. The minimum absolute atomic E-state index is 0.0609. The third kappa shape index (κ3) is 3.83. The van der Waals surface area contributed by atoms with Crippen LogP contribution < -0.4 is 4.74 Å². The molecule has 0 aliphatic rings. The summed E-state index contributed by atoms with van der Waals surface area (Å²) < 4.78 is 5.42. The summed E-state index contributed by atoms with van der Waals surface area (Å²) in [5.74, 6) is 0.206. The van der Waals surface area contributed by atoms with Gasteiger partial charge >= 0.3 is 0 Å². The number of ether oxygens (including phenoxy) is 1. The molecule has 0 aliphatic carbocycles. The first-order chi connectivity index (χ1) is 10.0. The van der Waals surface area contributed by atoms with Crippen molar-refractivity contribution in [3.63, 3.8) is 0 Å². The van der Waals surface area contributed by atoms with Crippen LogP contribution in [0.15, 0.2) is 36.4 Å². The Morgan fingerprint density at radius 1 is 1.10 bits per heavy atom. The average molecular weight is 392 g/mol. The van der Waals surface area contributed by atoms with Crippen LogP contribution >= 0.6 is 39.1 Å². The van der Waals surface area contributed by atoms with Crippen LogP contribution in [0.1, 0.15) is 0 Å². The molecule has 0 spiro atoms. The maximum absolute atomic E-state index is 10.3. The van der Waals surface area contributed by atoms with E-state index in [9.17, 15) is 10.2 Å². The van der Waals surface area contributed by atoms with Crippen LogP contribution in [0.4, 0.5) is 0 Å². The van der Waals surface area contributed by atoms with Gasteiger partial charge in [-0.05, 0) is 18.2 Å². The van der Waals surface area contributed by atoms with E-state index >= 15 is 0 Å². The first-order valence-electron chi connectivity index (χ1n) is 6.17. The number of hydrogen-bond acceptors (Lipinski definition) is 3. The van der Waals surface area contributed by atoms with E-state index in [0.717, 1.165) is 0 Å². The molecular weight excluding hydrogens is 379 g/mol. The predicted octanol–water partition coefficient (Wildman–Crippen LogP) is 4.50. The van der Waals surface area contributed by atoms with Gasteiger partial charge < -0.3 is 14.9 Å². The van der Waals surface area contributed by atoms with E-state index in [0.29, 0.717) is 26.5 Å². The largest absolute Gasteiger partial charge is 0.504 e. The number of para-hydroxylation sites is 1. The standard InChI is InChI=1S/C15H13BrCl2O3/c16-7-9(19)8-21-13-6-1-3-10(15(13)20)14-11(17)4-2-5-12(14)18/h1-6,9,19-20H,7-8H2. The third-order valence-electron chi connectivity index (χ3n) is 2.84. The molecular formula is C15H13BrCl2O3. The number of phenolic OH excluding ortho intramolecular Hbond substituents is 1. The van der Waals surface area contributed by atoms with Crippen LogP contribution in [-0.4, -0.2) is 28.3 Å². The van der Waals surface area contributed by atoms with Gasteiger partial charge in [-0.25, -0.2) is 0 Å². The quantitative estimate of drug-likeness (QED) is 0.737. The monoisotopic (exact) mass is 390 g/mol. The Morgan fingerprint density at radius 2 is 1.71 bits per heavy atom. The Balaban J connectivity index is 2.38. The fraction of sp³-hybridized carbons (Fsp3) is 0.200. The summed E-state index contributed by atoms with van der Waals surface area (Å²) in [5.41, 5.74) is 1.03. The Bertz CT molecular complexity index is 614. The molecule has 2 aromatic carbocycles. The molecule has 112 valence electrons. The minimum atomic E-state index is -0.656. The molecule has 3 nitrogen and oxygen atoms in total. The summed E-state index contributed by atoms with van der Waals surface area (Å²) in [6, 6.07) is 10.2. The number of halogens is 3. The second-order valence-corrected chi connectivity index (χ2v) is 5.83. The second-order valence-electron chi connectivity index (χ2n) is 4.37. The molecule has 21 heavy (non-hydrogen) atoms. The summed E-state index contributed by atoms with van der Waals surface area (Å²) in [4.78, 5) is 0. The van der Waals surface area contributed by atoms with Crippen LogP contribution in [0, 0.1) is 0 Å². The molecule has 0 saturated heterocycles. The van der Waals surface area contributed by atoms with Crippen molar-refractivity contribution in [3.05, 3.63) is 46.4 Å². The summed E-state index contributed by atoms with van der Waals surface area (Å²) in [6.07, 6.45) is -0.656. The van der Waals surface area contributed by atoms with E-state index in [1.165, 1.54) is 0 Å². The van der Waals surface area contributed by atoms with Gasteiger partial charge in [0.15, 0.2) is 11.5 Å². The van der Waals surface area contributed by atoms with Crippen molar-refractivity contribution < 1.29 is 14.9 Å². The van der Waals surface area contributed by atoms with Crippen LogP contribution in [0.3, 0.4) is 0 Å². The van der Waals surface area contributed by atoms with E-state index in [2.05, 4.69) is 15.9 Å². The highest BCUT2D eigenvalue weighted by Crippen LogP contribution is 2.43. The Labute approximate surface area is 141 Å². The Morgan fingerprint density at radius 3 is 2.33 bits per heavy atom. The van der Waals surface area contributed by atoms with Crippen molar-refractivity contribution in [3.8, 4) is 22.6 Å². The highest BCUT2D eigenvalue weighted by atomic mass is 79.9. The fourth-order valence-corrected chi connectivity index (χ4v) is 2.61. The summed E-state index contributed by atoms with van der Waals surface area (Å²) >= 11 is 15.5.